The molecular formula is C8H5NOS. The SMILES string of the molecule is [CH]c1ccc2[nH]c(=O)sc2c1. The van der Waals surface area contributed by atoms with Crippen molar-refractivity contribution in [3.05, 3.63) is 40.4 Å². The van der Waals surface area contributed by atoms with Gasteiger partial charge in [0.15, 0.2) is 0 Å². The van der Waals surface area contributed by atoms with Crippen molar-refractivity contribution in [1.29, 1.82) is 0 Å². The quantitative estimate of drug-likeness (QED) is 0.629. The summed E-state index contributed by atoms with van der Waals surface area (Å²) in [5, 5.41) is 0. The molecule has 2 rings (SSSR count). The van der Waals surface area contributed by atoms with Crippen LogP contribution in [0.4, 0.5) is 0 Å². The standard InChI is InChI=1S/C8H5NOS/c1-5-2-3-6-7(4-5)11-8(10)9-6/h1-4H,(H,9,10). The molecule has 0 spiro atoms. The first-order valence-electron chi connectivity index (χ1n) is 3.14. The molecule has 0 bridgehead atoms. The van der Waals surface area contributed by atoms with Gasteiger partial charge in [0.2, 0.25) is 0 Å². The summed E-state index contributed by atoms with van der Waals surface area (Å²) in [6.45, 7) is 5.52. The van der Waals surface area contributed by atoms with Gasteiger partial charge >= 0.3 is 4.87 Å². The molecule has 1 aromatic carbocycles. The third kappa shape index (κ3) is 1.07. The molecule has 0 saturated carbocycles. The highest BCUT2D eigenvalue weighted by atomic mass is 32.1. The van der Waals surface area contributed by atoms with Crippen molar-refractivity contribution in [3.63, 3.8) is 0 Å². The first-order valence-corrected chi connectivity index (χ1v) is 3.96. The van der Waals surface area contributed by atoms with Crippen LogP contribution in [-0.2, 0) is 0 Å². The molecular weight excluding hydrogens is 158 g/mol. The van der Waals surface area contributed by atoms with E-state index in [1.807, 2.05) is 6.07 Å². The number of H-pyrrole nitrogens is 1. The molecule has 0 fully saturated rings. The molecule has 0 atom stereocenters. The summed E-state index contributed by atoms with van der Waals surface area (Å²) in [6, 6.07) is 5.37. The van der Waals surface area contributed by atoms with E-state index in [4.69, 9.17) is 6.92 Å². The predicted octanol–water partition coefficient (Wildman–Crippen LogP) is 1.65. The summed E-state index contributed by atoms with van der Waals surface area (Å²) in [6.07, 6.45) is 0. The average Bonchev–Trinajstić information content (AvgIpc) is 2.27. The molecule has 0 aliphatic carbocycles. The number of hydrogen-bond acceptors (Lipinski definition) is 2. The number of rotatable bonds is 0. The van der Waals surface area contributed by atoms with E-state index in [0.29, 0.717) is 5.56 Å². The molecule has 1 aromatic heterocycles. The van der Waals surface area contributed by atoms with E-state index in [-0.39, 0.29) is 4.87 Å². The zero-order valence-corrected chi connectivity index (χ0v) is 6.44. The third-order valence-electron chi connectivity index (χ3n) is 1.45. The average molecular weight is 163 g/mol. The lowest BCUT2D eigenvalue weighted by Crippen LogP contribution is -1.89. The number of aromatic nitrogens is 1. The lowest BCUT2D eigenvalue weighted by atomic mass is 10.2. The topological polar surface area (TPSA) is 32.9 Å². The predicted molar refractivity (Wildman–Crippen MR) is 45.8 cm³/mol. The van der Waals surface area contributed by atoms with Crippen LogP contribution in [0.5, 0.6) is 0 Å². The summed E-state index contributed by atoms with van der Waals surface area (Å²) in [5.41, 5.74) is 1.54. The molecule has 1 N–H and O–H groups in total. The van der Waals surface area contributed by atoms with Crippen molar-refractivity contribution >= 4 is 21.6 Å². The monoisotopic (exact) mass is 163 g/mol. The zero-order valence-electron chi connectivity index (χ0n) is 5.63. The van der Waals surface area contributed by atoms with Gasteiger partial charge in [-0.25, -0.2) is 0 Å². The number of thiazole rings is 1. The Kier molecular flexibility index (Phi) is 1.32. The zero-order chi connectivity index (χ0) is 7.84. The highest BCUT2D eigenvalue weighted by molar-refractivity contribution is 7.16. The molecule has 11 heavy (non-hydrogen) atoms. The van der Waals surface area contributed by atoms with Crippen LogP contribution in [0.1, 0.15) is 5.56 Å². The number of hydrogen-bond donors (Lipinski definition) is 1. The van der Waals surface area contributed by atoms with Crippen LogP contribution >= 0.6 is 11.3 Å². The molecule has 0 saturated heterocycles. The fraction of sp³-hybridized carbons (Fsp3) is 0. The summed E-state index contributed by atoms with van der Waals surface area (Å²) in [4.78, 5) is 13.5. The number of nitrogens with one attached hydrogen (secondary N) is 1. The number of aromatic amines is 1. The molecule has 0 aliphatic heterocycles. The molecule has 1 heterocycles. The van der Waals surface area contributed by atoms with Gasteiger partial charge in [-0.15, -0.1) is 0 Å². The Labute approximate surface area is 67.5 Å². The van der Waals surface area contributed by atoms with Crippen LogP contribution in [0.3, 0.4) is 0 Å². The maximum Gasteiger partial charge on any atom is 0.305 e. The number of fused-ring (bicyclic) bond motifs is 1. The van der Waals surface area contributed by atoms with Gasteiger partial charge in [0, 0.05) is 0 Å². The Hall–Kier alpha value is -1.09. The normalized spacial score (nSPS) is 10.6. The van der Waals surface area contributed by atoms with Gasteiger partial charge in [-0.3, -0.25) is 4.79 Å². The molecule has 3 heteroatoms. The minimum atomic E-state index is -0.0365. The lowest BCUT2D eigenvalue weighted by molar-refractivity contribution is 1.41. The van der Waals surface area contributed by atoms with E-state index in [2.05, 4.69) is 4.98 Å². The molecule has 0 amide bonds. The van der Waals surface area contributed by atoms with Gasteiger partial charge in [0.05, 0.1) is 10.2 Å². The second-order valence-electron chi connectivity index (χ2n) is 2.27. The van der Waals surface area contributed by atoms with Crippen LogP contribution < -0.4 is 4.87 Å². The maximum absolute atomic E-state index is 10.8. The Bertz CT molecular complexity index is 441. The Morgan fingerprint density at radius 2 is 2.27 bits per heavy atom. The van der Waals surface area contributed by atoms with Gasteiger partial charge in [-0.05, 0) is 24.6 Å². The van der Waals surface area contributed by atoms with Gasteiger partial charge in [-0.1, -0.05) is 17.4 Å². The molecule has 2 nitrogen and oxygen atoms in total. The first-order chi connectivity index (χ1) is 5.25. The van der Waals surface area contributed by atoms with Crippen LogP contribution in [0, 0.1) is 6.92 Å². The Morgan fingerprint density at radius 1 is 1.45 bits per heavy atom. The van der Waals surface area contributed by atoms with Gasteiger partial charge in [0.25, 0.3) is 0 Å². The van der Waals surface area contributed by atoms with Gasteiger partial charge in [0.1, 0.15) is 0 Å². The van der Waals surface area contributed by atoms with Crippen LogP contribution in [0.15, 0.2) is 23.0 Å². The fourth-order valence-corrected chi connectivity index (χ4v) is 1.75. The van der Waals surface area contributed by atoms with Crippen molar-refractivity contribution in [2.75, 3.05) is 0 Å². The smallest absolute Gasteiger partial charge is 0.305 e. The van der Waals surface area contributed by atoms with E-state index in [0.717, 1.165) is 10.2 Å². The van der Waals surface area contributed by atoms with E-state index >= 15 is 0 Å². The summed E-state index contributed by atoms with van der Waals surface area (Å²) in [7, 11) is 0. The van der Waals surface area contributed by atoms with Crippen molar-refractivity contribution in [2.45, 2.75) is 0 Å². The summed E-state index contributed by atoms with van der Waals surface area (Å²) in [5.74, 6) is 0. The van der Waals surface area contributed by atoms with Gasteiger partial charge < -0.3 is 4.98 Å². The molecule has 2 aromatic rings. The lowest BCUT2D eigenvalue weighted by Gasteiger charge is -1.88. The van der Waals surface area contributed by atoms with Crippen LogP contribution in [-0.4, -0.2) is 4.98 Å². The second kappa shape index (κ2) is 2.20. The molecule has 0 unspecified atom stereocenters. The second-order valence-corrected chi connectivity index (χ2v) is 3.28. The first kappa shape index (κ1) is 6.61. The highest BCUT2D eigenvalue weighted by Crippen LogP contribution is 2.14. The van der Waals surface area contributed by atoms with E-state index in [1.54, 1.807) is 12.1 Å². The Morgan fingerprint density at radius 3 is 3.09 bits per heavy atom. The minimum Gasteiger partial charge on any atom is -0.312 e. The third-order valence-corrected chi connectivity index (χ3v) is 2.29. The number of benzene rings is 1. The van der Waals surface area contributed by atoms with Crippen molar-refractivity contribution in [2.24, 2.45) is 0 Å². The van der Waals surface area contributed by atoms with Crippen LogP contribution in [0.2, 0.25) is 0 Å². The van der Waals surface area contributed by atoms with E-state index in [9.17, 15) is 4.79 Å². The summed E-state index contributed by atoms with van der Waals surface area (Å²) >= 11 is 1.18. The van der Waals surface area contributed by atoms with E-state index < -0.39 is 0 Å². The highest BCUT2D eigenvalue weighted by Gasteiger charge is 1.96. The summed E-state index contributed by atoms with van der Waals surface area (Å²) < 4.78 is 0.912. The van der Waals surface area contributed by atoms with Crippen molar-refractivity contribution < 1.29 is 0 Å². The maximum atomic E-state index is 10.8. The largest absolute Gasteiger partial charge is 0.312 e. The van der Waals surface area contributed by atoms with Crippen molar-refractivity contribution in [1.82, 2.24) is 4.98 Å². The minimum absolute atomic E-state index is 0.0365. The molecule has 2 radical (unpaired) electrons. The van der Waals surface area contributed by atoms with Crippen LogP contribution in [0.25, 0.3) is 10.2 Å². The Balaban J connectivity index is 2.92. The van der Waals surface area contributed by atoms with Crippen molar-refractivity contribution in [3.8, 4) is 0 Å². The fourth-order valence-electron chi connectivity index (χ4n) is 0.962. The molecule has 54 valence electrons. The van der Waals surface area contributed by atoms with Gasteiger partial charge in [-0.2, -0.15) is 0 Å². The van der Waals surface area contributed by atoms with E-state index in [1.165, 1.54) is 11.3 Å². The molecule has 0 aliphatic rings.